The van der Waals surface area contributed by atoms with Crippen molar-refractivity contribution in [3.8, 4) is 5.75 Å². The number of nitro benzene ring substituents is 1. The number of fused-ring (bicyclic) bond motifs is 1. The molecule has 5 rings (SSSR count). The molecule has 2 heterocycles. The first kappa shape index (κ1) is 61.0. The van der Waals surface area contributed by atoms with Gasteiger partial charge in [-0.1, -0.05) is 88.3 Å². The lowest BCUT2D eigenvalue weighted by atomic mass is 10.0. The fourth-order valence-electron chi connectivity index (χ4n) is 8.61. The second-order valence-corrected chi connectivity index (χ2v) is 21.0. The van der Waals surface area contributed by atoms with E-state index < -0.39 is 157 Å². The van der Waals surface area contributed by atoms with Crippen LogP contribution in [0.3, 0.4) is 0 Å². The number of phenols is 1. The normalized spacial score (nSPS) is 22.7. The predicted molar refractivity (Wildman–Crippen MR) is 283 cm³/mol. The summed E-state index contributed by atoms with van der Waals surface area (Å²) in [5.74, 6) is -11.6. The molecule has 3 aromatic rings. The number of nitrogens with zero attached hydrogens (tertiary/aromatic N) is 3. The third-order valence-electron chi connectivity index (χ3n) is 12.6. The van der Waals surface area contributed by atoms with Gasteiger partial charge in [-0.25, -0.2) is 0 Å². The van der Waals surface area contributed by atoms with E-state index in [1.807, 2.05) is 65.6 Å². The monoisotopic (exact) mass is 1120 g/mol. The second-order valence-electron chi connectivity index (χ2n) is 18.4. The van der Waals surface area contributed by atoms with Gasteiger partial charge in [0.2, 0.25) is 53.2 Å². The van der Waals surface area contributed by atoms with Crippen LogP contribution in [0.1, 0.15) is 48.8 Å². The van der Waals surface area contributed by atoms with Gasteiger partial charge in [-0.15, -0.1) is 0 Å². The standard InChI is InChI=1S/C50H63N11O15S2/c51-41(64)22-34-48(72)58-36(45(52)69)27-77-78-28-39(59(17-7-13-29-9-3-1-4-10-29)18-8-14-30-11-5-2-6-12-30)50(74)57-35(23-44(67)68)47(71)53-24-42(65)55-33(19-31-15-16-40(63)37(20-31)61(75)76)46(70)54-25-43(66)60-26-32(62)21-38(60)49(73)56-34/h1-6,9-12,15-16,20,32-36,38-39,62-63H,7-8,13-14,17-19,21-28H2,(H2,51,64)(H2,52,69)(H,53,71)(H,54,70)(H,55,65)(H,56,73)(H,57,74)(H,58,72)(H,67,68)/t32-,33+,34+,35-,36-,38+,39-/m1/s1. The zero-order chi connectivity index (χ0) is 56.9. The van der Waals surface area contributed by atoms with Crippen molar-refractivity contribution in [2.24, 2.45) is 11.5 Å². The van der Waals surface area contributed by atoms with Crippen molar-refractivity contribution in [2.75, 3.05) is 44.2 Å². The largest absolute Gasteiger partial charge is 0.502 e. The Bertz CT molecular complexity index is 2610. The summed E-state index contributed by atoms with van der Waals surface area (Å²) >= 11 is 0. The summed E-state index contributed by atoms with van der Waals surface area (Å²) in [6.07, 6.45) is -1.53. The lowest BCUT2D eigenvalue weighted by molar-refractivity contribution is -0.385. The number of aliphatic hydroxyl groups excluding tert-OH is 1. The first-order valence-corrected chi connectivity index (χ1v) is 27.2. The van der Waals surface area contributed by atoms with E-state index >= 15 is 0 Å². The number of phenolic OH excluding ortho intramolecular Hbond substituents is 1. The molecule has 7 atom stereocenters. The number of hydrogen-bond donors (Lipinski definition) is 11. The number of hydrogen-bond acceptors (Lipinski definition) is 17. The van der Waals surface area contributed by atoms with Gasteiger partial charge in [-0.3, -0.25) is 63.0 Å². The molecule has 78 heavy (non-hydrogen) atoms. The maximum atomic E-state index is 14.6. The minimum atomic E-state index is -1.77. The van der Waals surface area contributed by atoms with Gasteiger partial charge in [0, 0.05) is 37.0 Å². The molecule has 420 valence electrons. The molecule has 2 saturated heterocycles. The van der Waals surface area contributed by atoms with Gasteiger partial charge < -0.3 is 63.6 Å². The van der Waals surface area contributed by atoms with Gasteiger partial charge in [0.15, 0.2) is 5.75 Å². The minimum absolute atomic E-state index is 0.0376. The number of nitrogens with one attached hydrogen (secondary N) is 6. The third-order valence-corrected chi connectivity index (χ3v) is 15.0. The van der Waals surface area contributed by atoms with Crippen LogP contribution in [-0.2, 0) is 67.2 Å². The molecular formula is C50H63N11O15S2. The minimum Gasteiger partial charge on any atom is -0.502 e. The number of amides is 9. The number of carboxylic acids is 1. The molecule has 0 bridgehead atoms. The van der Waals surface area contributed by atoms with Crippen LogP contribution < -0.4 is 43.4 Å². The molecule has 0 aliphatic carbocycles. The van der Waals surface area contributed by atoms with Gasteiger partial charge in [0.05, 0.1) is 43.0 Å². The molecule has 0 radical (unpaired) electrons. The van der Waals surface area contributed by atoms with Crippen molar-refractivity contribution in [1.82, 2.24) is 41.7 Å². The third kappa shape index (κ3) is 19.3. The van der Waals surface area contributed by atoms with Crippen LogP contribution in [0, 0.1) is 10.1 Å². The maximum absolute atomic E-state index is 14.6. The Balaban J connectivity index is 1.49. The lowest BCUT2D eigenvalue weighted by Crippen LogP contribution is -2.58. The quantitative estimate of drug-likeness (QED) is 0.0401. The molecule has 2 aliphatic heterocycles. The molecule has 2 fully saturated rings. The Morgan fingerprint density at radius 1 is 0.705 bits per heavy atom. The Morgan fingerprint density at radius 2 is 1.28 bits per heavy atom. The Kier molecular flexibility index (Phi) is 23.6. The van der Waals surface area contributed by atoms with Crippen molar-refractivity contribution < 1.29 is 68.2 Å². The predicted octanol–water partition coefficient (Wildman–Crippen LogP) is -1.86. The maximum Gasteiger partial charge on any atom is 0.310 e. The highest BCUT2D eigenvalue weighted by atomic mass is 33.1. The van der Waals surface area contributed by atoms with Crippen LogP contribution in [0.15, 0.2) is 78.9 Å². The van der Waals surface area contributed by atoms with Crippen molar-refractivity contribution in [3.63, 3.8) is 0 Å². The number of rotatable bonds is 17. The van der Waals surface area contributed by atoms with Crippen LogP contribution in [0.2, 0.25) is 0 Å². The number of aliphatic carboxylic acids is 1. The van der Waals surface area contributed by atoms with E-state index in [4.69, 9.17) is 11.5 Å². The number of carboxylic acid groups (broad SMARTS) is 1. The zero-order valence-corrected chi connectivity index (χ0v) is 43.8. The van der Waals surface area contributed by atoms with Gasteiger partial charge >= 0.3 is 11.7 Å². The summed E-state index contributed by atoms with van der Waals surface area (Å²) in [4.78, 5) is 148. The van der Waals surface area contributed by atoms with Gasteiger partial charge in [0.1, 0.15) is 30.2 Å². The van der Waals surface area contributed by atoms with Gasteiger partial charge in [-0.05, 0) is 61.5 Å². The van der Waals surface area contributed by atoms with Crippen LogP contribution in [0.5, 0.6) is 5.75 Å². The zero-order valence-electron chi connectivity index (χ0n) is 42.2. The molecule has 3 aromatic carbocycles. The van der Waals surface area contributed by atoms with Crippen LogP contribution in [0.4, 0.5) is 5.69 Å². The number of carbonyl (C=O) groups is 10. The lowest BCUT2D eigenvalue weighted by Gasteiger charge is -2.32. The van der Waals surface area contributed by atoms with Gasteiger partial charge in [0.25, 0.3) is 0 Å². The number of nitrogens with two attached hydrogens (primary N) is 2. The first-order valence-electron chi connectivity index (χ1n) is 24.7. The van der Waals surface area contributed by atoms with E-state index in [1.165, 1.54) is 6.07 Å². The smallest absolute Gasteiger partial charge is 0.310 e. The summed E-state index contributed by atoms with van der Waals surface area (Å²) < 4.78 is 0. The van der Waals surface area contributed by atoms with E-state index in [0.717, 1.165) is 49.7 Å². The highest BCUT2D eigenvalue weighted by Crippen LogP contribution is 2.28. The number of aromatic hydroxyl groups is 1. The van der Waals surface area contributed by atoms with Crippen molar-refractivity contribution in [3.05, 3.63) is 106 Å². The molecule has 0 aromatic heterocycles. The second kappa shape index (κ2) is 30.2. The molecule has 26 nitrogen and oxygen atoms in total. The fourth-order valence-corrected chi connectivity index (χ4v) is 11.0. The SMILES string of the molecule is NC(=O)C[C@@H]1NC(=O)[C@@H]2C[C@@H](O)CN2C(=O)CNC(=O)[C@H](Cc2ccc(O)c([N+](=O)[O-])c2)NC(=O)CNC(=O)[C@@H](CC(=O)O)NC(=O)[C@H](N(CCCc2ccccc2)CCCc2ccccc2)CSSC[C@H](C(N)=O)NC1=O. The number of carbonyl (C=O) groups excluding carboxylic acids is 9. The van der Waals surface area contributed by atoms with Crippen LogP contribution >= 0.6 is 21.6 Å². The Morgan fingerprint density at radius 3 is 1.87 bits per heavy atom. The summed E-state index contributed by atoms with van der Waals surface area (Å²) in [6.45, 7) is -1.52. The number of aryl methyl sites for hydroxylation is 2. The van der Waals surface area contributed by atoms with Crippen molar-refractivity contribution in [1.29, 1.82) is 0 Å². The average Bonchev–Trinajstić information content (AvgIpc) is 3.81. The molecule has 13 N–H and O–H groups in total. The average molecular weight is 1120 g/mol. The van der Waals surface area contributed by atoms with E-state index in [0.29, 0.717) is 38.8 Å². The number of nitro groups is 1. The van der Waals surface area contributed by atoms with E-state index in [-0.39, 0.29) is 23.5 Å². The molecule has 0 saturated carbocycles. The number of primary amides is 2. The molecule has 28 heteroatoms. The van der Waals surface area contributed by atoms with Crippen LogP contribution in [-0.4, -0.2) is 176 Å². The van der Waals surface area contributed by atoms with Crippen molar-refractivity contribution in [2.45, 2.75) is 93.7 Å². The summed E-state index contributed by atoms with van der Waals surface area (Å²) in [6, 6.07) is 13.1. The Hall–Kier alpha value is -7.82. The highest BCUT2D eigenvalue weighted by Gasteiger charge is 2.41. The Labute approximate surface area is 455 Å². The molecule has 0 spiro atoms. The summed E-state index contributed by atoms with van der Waals surface area (Å²) in [5.41, 5.74) is 12.5. The summed E-state index contributed by atoms with van der Waals surface area (Å²) in [5, 5.41) is 56.5. The molecule has 0 unspecified atom stereocenters. The van der Waals surface area contributed by atoms with E-state index in [9.17, 15) is 73.4 Å². The highest BCUT2D eigenvalue weighted by molar-refractivity contribution is 8.76. The fraction of sp³-hybridized carbons (Fsp3) is 0.440. The van der Waals surface area contributed by atoms with E-state index in [1.54, 1.807) is 0 Å². The molecule has 2 aliphatic rings. The van der Waals surface area contributed by atoms with Crippen molar-refractivity contribution >= 4 is 86.4 Å². The number of benzene rings is 3. The topological polar surface area (TPSA) is 405 Å². The van der Waals surface area contributed by atoms with E-state index in [2.05, 4.69) is 31.9 Å². The summed E-state index contributed by atoms with van der Waals surface area (Å²) in [7, 11) is 2.10. The van der Waals surface area contributed by atoms with Crippen LogP contribution in [0.25, 0.3) is 0 Å². The number of aliphatic hydroxyl groups is 1. The van der Waals surface area contributed by atoms with Gasteiger partial charge in [-0.2, -0.15) is 0 Å². The first-order chi connectivity index (χ1) is 37.2. The molecule has 9 amide bonds. The molecular weight excluding hydrogens is 1060 g/mol.